The molecule has 0 bridgehead atoms. The normalized spacial score (nSPS) is 18.6. The molecule has 5 aliphatic heterocycles. The summed E-state index contributed by atoms with van der Waals surface area (Å²) in [5.41, 5.74) is 2.75. The van der Waals surface area contributed by atoms with Crippen LogP contribution in [0, 0.1) is 103 Å². The molecule has 11 rings (SSSR count). The molecular formula is C123H215B2Br2O13P2PdS6-. The number of ether oxygens (including phenoxy) is 6. The third kappa shape index (κ3) is 50.1. The molecule has 0 saturated carbocycles. The fourth-order valence-corrected chi connectivity index (χ4v) is 25.1. The minimum Gasteiger partial charge on any atom is -0.491 e. The maximum absolute atomic E-state index is 10.6. The van der Waals surface area contributed by atoms with Gasteiger partial charge in [-0.1, -0.05) is 358 Å². The van der Waals surface area contributed by atoms with Crippen LogP contribution in [0.15, 0.2) is 44.0 Å². The second-order valence-corrected chi connectivity index (χ2v) is 64.2. The molecule has 3 fully saturated rings. The van der Waals surface area contributed by atoms with Crippen LogP contribution in [-0.2, 0) is 59.7 Å². The van der Waals surface area contributed by atoms with Crippen molar-refractivity contribution in [1.29, 1.82) is 0 Å². The second-order valence-electron chi connectivity index (χ2n) is 53.4. The van der Waals surface area contributed by atoms with Crippen molar-refractivity contribution in [1.82, 2.24) is 0 Å². The zero-order valence-corrected chi connectivity index (χ0v) is 113. The van der Waals surface area contributed by atoms with Gasteiger partial charge in [-0.05, 0) is 206 Å². The molecule has 11 heterocycles. The Kier molecular flexibility index (Phi) is 64.5. The third-order valence-electron chi connectivity index (χ3n) is 30.3. The summed E-state index contributed by atoms with van der Waals surface area (Å²) in [6, 6.07) is 13.5. The van der Waals surface area contributed by atoms with Gasteiger partial charge in [0.2, 0.25) is 0 Å². The van der Waals surface area contributed by atoms with E-state index in [2.05, 4.69) is 321 Å². The first-order chi connectivity index (χ1) is 68.4. The number of carbonyl (C=O) groups is 1. The monoisotopic (exact) mass is 2440 g/mol. The van der Waals surface area contributed by atoms with E-state index in [0.717, 1.165) is 136 Å². The molecule has 6 aromatic rings. The summed E-state index contributed by atoms with van der Waals surface area (Å²) in [7, 11) is 1.71. The topological polar surface area (TPSA) is 150 Å². The van der Waals surface area contributed by atoms with Gasteiger partial charge in [0.05, 0.1) is 68.9 Å². The number of carbonyl (C=O) groups excluding carboxylic acids is 1. The van der Waals surface area contributed by atoms with Gasteiger partial charge in [-0.2, -0.15) is 30.7 Å². The fourth-order valence-electron chi connectivity index (χ4n) is 17.0. The van der Waals surface area contributed by atoms with E-state index in [1.165, 1.54) is 180 Å². The van der Waals surface area contributed by atoms with Crippen LogP contribution in [0.25, 0.3) is 29.3 Å². The Balaban J connectivity index is 0.000000678. The molecule has 3 saturated heterocycles. The molecule has 6 aromatic heterocycles. The van der Waals surface area contributed by atoms with Gasteiger partial charge < -0.3 is 63.2 Å². The Bertz CT molecular complexity index is 4340. The molecule has 26 heteroatoms. The number of thiophene rings is 6. The summed E-state index contributed by atoms with van der Waals surface area (Å²) in [6.45, 7) is 90.7. The zero-order chi connectivity index (χ0) is 111. The molecule has 2 N–H and O–H groups in total. The van der Waals surface area contributed by atoms with E-state index < -0.39 is 36.3 Å². The van der Waals surface area contributed by atoms with Crippen LogP contribution in [0.3, 0.4) is 0 Å². The van der Waals surface area contributed by atoms with Crippen molar-refractivity contribution >= 4 is 149 Å². The Morgan fingerprint density at radius 1 is 0.436 bits per heavy atom. The summed E-state index contributed by atoms with van der Waals surface area (Å²) in [5.74, 6) is 11.5. The number of aliphatic hydroxyl groups is 2. The van der Waals surface area contributed by atoms with Crippen LogP contribution in [0.5, 0.6) is 23.0 Å². The minimum absolute atomic E-state index is 0. The van der Waals surface area contributed by atoms with Crippen molar-refractivity contribution < 1.29 is 82.5 Å². The Morgan fingerprint density at radius 2 is 0.738 bits per heavy atom. The van der Waals surface area contributed by atoms with Gasteiger partial charge in [-0.3, -0.25) is 4.79 Å². The Morgan fingerprint density at radius 3 is 1.01 bits per heavy atom. The van der Waals surface area contributed by atoms with Gasteiger partial charge in [-0.15, -0.1) is 77.3 Å². The molecule has 0 amide bonds. The SMILES string of the molecule is CC(C)(C)C(C)(C)C.CC(C)(C)C(C)(C)C.CC(C)(C)P.CC(C)CCCC(C)CCC1(CCC(C)CCCC(C)C)Oc2cc(B3OCC(C)(CO)CO3)sc2-c2sc(-c3cc4c(s3)-c3sc(B5OCC(C)(CO)CO5)cc3OC4(CCC(C)CCCC(C)C)CCC(C)CCCC(C)C)cc21.CCCCC(CC)COc1cc(C2OCC(C)(C)CO2)sc1Br.CCCCC(CC)COc1cc(C=O)sc1Br.C[C-](C)C.P.[Pd]. The van der Waals surface area contributed by atoms with Gasteiger partial charge in [0.1, 0.15) is 41.8 Å². The first kappa shape index (κ1) is 143. The van der Waals surface area contributed by atoms with E-state index in [-0.39, 0.29) is 55.2 Å². The molecule has 5 aliphatic rings. The zero-order valence-electron chi connectivity index (χ0n) is 101. The van der Waals surface area contributed by atoms with E-state index in [4.69, 9.17) is 47.0 Å². The Hall–Kier alpha value is -0.638. The van der Waals surface area contributed by atoms with Gasteiger partial charge in [0, 0.05) is 106 Å². The largest absolute Gasteiger partial charge is 0.504 e. The second kappa shape index (κ2) is 67.4. The number of halogens is 2. The smallest absolute Gasteiger partial charge is 0.491 e. The number of fused-ring (bicyclic) bond motifs is 6. The van der Waals surface area contributed by atoms with Crippen molar-refractivity contribution in [3.05, 3.63) is 70.8 Å². The molecule has 0 spiro atoms. The first-order valence-electron chi connectivity index (χ1n) is 57.1. The number of aldehydes is 1. The molecule has 149 heavy (non-hydrogen) atoms. The minimum atomic E-state index is -0.500. The predicted molar refractivity (Wildman–Crippen MR) is 666 cm³/mol. The molecule has 862 valence electrons. The summed E-state index contributed by atoms with van der Waals surface area (Å²) < 4.78 is 68.8. The number of hydrogen-bond acceptors (Lipinski definition) is 19. The molecule has 8 unspecified atom stereocenters. The van der Waals surface area contributed by atoms with Crippen LogP contribution < -0.4 is 28.5 Å². The molecular weight excluding hydrogens is 2230 g/mol. The van der Waals surface area contributed by atoms with Crippen LogP contribution in [0.1, 0.15) is 475 Å². The molecule has 0 aromatic carbocycles. The molecule has 8 atom stereocenters. The number of hydrogen-bond donors (Lipinski definition) is 2. The van der Waals surface area contributed by atoms with E-state index in [9.17, 15) is 15.0 Å². The number of unbranched alkanes of at least 4 members (excludes halogenated alkanes) is 2. The van der Waals surface area contributed by atoms with E-state index in [1.54, 1.807) is 40.1 Å². The van der Waals surface area contributed by atoms with Gasteiger partial charge >= 0.3 is 14.2 Å². The maximum Gasteiger partial charge on any atom is 0.504 e. The first-order valence-corrected chi connectivity index (χ1v) is 64.2. The van der Waals surface area contributed by atoms with Gasteiger partial charge in [0.15, 0.2) is 12.6 Å². The molecule has 0 radical (unpaired) electrons. The fraction of sp³-hybridized carbons (Fsp3) is 0.789. The van der Waals surface area contributed by atoms with Crippen LogP contribution in [0.2, 0.25) is 0 Å². The summed E-state index contributed by atoms with van der Waals surface area (Å²) in [6.07, 6.45) is 33.8. The molecule has 13 nitrogen and oxygen atoms in total. The van der Waals surface area contributed by atoms with Gasteiger partial charge in [0.25, 0.3) is 0 Å². The van der Waals surface area contributed by atoms with Crippen molar-refractivity contribution in [2.75, 3.05) is 66.1 Å². The van der Waals surface area contributed by atoms with Crippen LogP contribution in [-0.4, -0.2) is 102 Å². The van der Waals surface area contributed by atoms with Crippen LogP contribution in [0.4, 0.5) is 0 Å². The van der Waals surface area contributed by atoms with Crippen molar-refractivity contribution in [2.45, 2.75) is 466 Å². The summed E-state index contributed by atoms with van der Waals surface area (Å²) in [5, 5.41) is 20.9. The predicted octanol–water partition coefficient (Wildman–Crippen LogP) is 39.1. The van der Waals surface area contributed by atoms with E-state index in [1.807, 2.05) is 36.5 Å². The van der Waals surface area contributed by atoms with Crippen molar-refractivity contribution in [3.63, 3.8) is 0 Å². The third-order valence-corrected chi connectivity index (χ3v) is 38.8. The van der Waals surface area contributed by atoms with E-state index in [0.29, 0.717) is 117 Å². The summed E-state index contributed by atoms with van der Waals surface area (Å²) in [4.78, 5) is 20.1. The quantitative estimate of drug-likeness (QED) is 0.0162. The van der Waals surface area contributed by atoms with Crippen molar-refractivity contribution in [2.24, 2.45) is 97.1 Å². The maximum atomic E-state index is 10.6. The van der Waals surface area contributed by atoms with E-state index >= 15 is 0 Å². The average Bonchev–Trinajstić information content (AvgIpc) is 1.56. The number of aliphatic hydroxyl groups excluding tert-OH is 2. The average molecular weight is 2440 g/mol. The Labute approximate surface area is 974 Å². The van der Waals surface area contributed by atoms with Gasteiger partial charge in [-0.25, -0.2) is 0 Å². The van der Waals surface area contributed by atoms with Crippen molar-refractivity contribution in [3.8, 4) is 52.3 Å². The van der Waals surface area contributed by atoms with Crippen LogP contribution >= 0.6 is 119 Å². The summed E-state index contributed by atoms with van der Waals surface area (Å²) >= 11 is 17.5. The standard InChI is InChI=1S/C68H108B2O8S4.C18H29BrO3S.C13H19BrO2S.2C8H18.C4H11P.C4H9.H3P.Pd/c1-45(2)19-15-23-49(9)27-31-67(32-28-50(10)24-16-20-46(3)4)53-35-57(79-61(53)63-55(77-67)37-59(81-63)69-73-41-65(13,39-71)42-74-69)58-36-54-62(80-58)64-56(38-60(82-64)70-75-43-66(14,40-72)44-76-70)78-68(54,33-29-51(11)25-17-21-47(5)6)34-30-52(12)26-18-22-48(7)8;1-5-7-8-13(6-2)10-20-14-9-15(23-16(14)19)17-21-11-18(3,4)12-22-17;1-3-5-6-10(4-2)9-16-12-7-11(8-15)17-13(12)14;2*1-7(2,3)8(4,5)6;1-4(2,3)5;1-4(2)3;;/h35-38,45-52,71-72H,15-34,39-44H2,1-14H3;9,13,17H,5-8,10-12H2,1-4H3;7-8,10H,3-6,9H2,1-2H3;2*1-6H3;5H2,1-3H3;1-3H3;1H3;/q;;;;;;-1;;. The number of rotatable bonds is 49. The molecule has 0 aliphatic carbocycles.